The summed E-state index contributed by atoms with van der Waals surface area (Å²) >= 11 is 0. The third-order valence-electron chi connectivity index (χ3n) is 3.78. The van der Waals surface area contributed by atoms with Gasteiger partial charge in [0.2, 0.25) is 0 Å². The Morgan fingerprint density at radius 3 is 2.90 bits per heavy atom. The predicted octanol–water partition coefficient (Wildman–Crippen LogP) is 0.427. The molecule has 1 aliphatic rings. The van der Waals surface area contributed by atoms with Gasteiger partial charge in [0, 0.05) is 13.1 Å². The van der Waals surface area contributed by atoms with Gasteiger partial charge < -0.3 is 15.2 Å². The molecule has 0 radical (unpaired) electrons. The Bertz CT molecular complexity index is 438. The molecule has 0 saturated carbocycles. The molecular weight excluding hydrogens is 268 g/mol. The number of aliphatic hydroxyl groups excluding tert-OH is 1. The SMILES string of the molecule is CCN1CCOC(C(=O)NC(CO)Cc2ccccc2)C1. The van der Waals surface area contributed by atoms with Crippen LogP contribution in [0.3, 0.4) is 0 Å². The van der Waals surface area contributed by atoms with E-state index < -0.39 is 6.10 Å². The van der Waals surface area contributed by atoms with Gasteiger partial charge in [-0.3, -0.25) is 9.69 Å². The second-order valence-corrected chi connectivity index (χ2v) is 5.33. The minimum absolute atomic E-state index is 0.0785. The van der Waals surface area contributed by atoms with Gasteiger partial charge in [0.15, 0.2) is 0 Å². The molecule has 5 heteroatoms. The van der Waals surface area contributed by atoms with Crippen LogP contribution in [0.15, 0.2) is 30.3 Å². The second kappa shape index (κ2) is 8.12. The van der Waals surface area contributed by atoms with Crippen LogP contribution in [0, 0.1) is 0 Å². The van der Waals surface area contributed by atoms with Crippen LogP contribution in [0.1, 0.15) is 12.5 Å². The summed E-state index contributed by atoms with van der Waals surface area (Å²) in [4.78, 5) is 14.4. The first kappa shape index (κ1) is 15.9. The summed E-state index contributed by atoms with van der Waals surface area (Å²) in [6, 6.07) is 9.56. The monoisotopic (exact) mass is 292 g/mol. The molecule has 5 nitrogen and oxygen atoms in total. The largest absolute Gasteiger partial charge is 0.394 e. The molecule has 2 rings (SSSR count). The first-order chi connectivity index (χ1) is 10.2. The first-order valence-corrected chi connectivity index (χ1v) is 7.52. The van der Waals surface area contributed by atoms with Crippen molar-refractivity contribution in [3.8, 4) is 0 Å². The number of carbonyl (C=O) groups excluding carboxylic acids is 1. The summed E-state index contributed by atoms with van der Waals surface area (Å²) in [5.74, 6) is -0.136. The number of ether oxygens (including phenoxy) is 1. The van der Waals surface area contributed by atoms with Crippen molar-refractivity contribution in [2.24, 2.45) is 0 Å². The van der Waals surface area contributed by atoms with Crippen molar-refractivity contribution in [1.82, 2.24) is 10.2 Å². The molecule has 1 heterocycles. The van der Waals surface area contributed by atoms with E-state index >= 15 is 0 Å². The number of hydrogen-bond donors (Lipinski definition) is 2. The van der Waals surface area contributed by atoms with Crippen LogP contribution in [-0.4, -0.2) is 60.9 Å². The molecule has 2 atom stereocenters. The summed E-state index contributed by atoms with van der Waals surface area (Å²) in [5.41, 5.74) is 1.09. The Balaban J connectivity index is 1.87. The molecule has 1 fully saturated rings. The molecule has 0 aromatic heterocycles. The molecule has 1 aromatic rings. The number of benzene rings is 1. The van der Waals surface area contributed by atoms with Crippen molar-refractivity contribution in [2.75, 3.05) is 32.8 Å². The van der Waals surface area contributed by atoms with Gasteiger partial charge in [0.25, 0.3) is 5.91 Å². The molecule has 0 spiro atoms. The van der Waals surface area contributed by atoms with E-state index in [0.29, 0.717) is 19.6 Å². The standard InChI is InChI=1S/C16H24N2O3/c1-2-18-8-9-21-15(11-18)16(20)17-14(12-19)10-13-6-4-3-5-7-13/h3-7,14-15,19H,2,8-12H2,1H3,(H,17,20). The van der Waals surface area contributed by atoms with Gasteiger partial charge >= 0.3 is 0 Å². The lowest BCUT2D eigenvalue weighted by molar-refractivity contribution is -0.139. The minimum atomic E-state index is -0.441. The van der Waals surface area contributed by atoms with E-state index in [1.54, 1.807) is 0 Å². The molecule has 1 amide bonds. The topological polar surface area (TPSA) is 61.8 Å². The third kappa shape index (κ3) is 4.81. The summed E-state index contributed by atoms with van der Waals surface area (Å²) in [6.45, 7) is 4.98. The summed E-state index contributed by atoms with van der Waals surface area (Å²) in [5, 5.41) is 12.4. The molecule has 1 aromatic carbocycles. The highest BCUT2D eigenvalue weighted by molar-refractivity contribution is 5.81. The van der Waals surface area contributed by atoms with Crippen LogP contribution >= 0.6 is 0 Å². The lowest BCUT2D eigenvalue weighted by atomic mass is 10.1. The van der Waals surface area contributed by atoms with Crippen LogP contribution < -0.4 is 5.32 Å². The van der Waals surface area contributed by atoms with E-state index in [2.05, 4.69) is 17.1 Å². The van der Waals surface area contributed by atoms with Crippen LogP contribution in [-0.2, 0) is 16.0 Å². The van der Waals surface area contributed by atoms with Gasteiger partial charge in [-0.05, 0) is 18.5 Å². The number of rotatable bonds is 6. The number of amides is 1. The van der Waals surface area contributed by atoms with E-state index in [9.17, 15) is 9.90 Å². The number of aliphatic hydroxyl groups is 1. The maximum absolute atomic E-state index is 12.2. The highest BCUT2D eigenvalue weighted by Crippen LogP contribution is 2.07. The lowest BCUT2D eigenvalue weighted by Gasteiger charge is -2.32. The fourth-order valence-corrected chi connectivity index (χ4v) is 2.50. The van der Waals surface area contributed by atoms with Crippen molar-refractivity contribution in [1.29, 1.82) is 0 Å². The van der Waals surface area contributed by atoms with Gasteiger partial charge in [-0.25, -0.2) is 0 Å². The van der Waals surface area contributed by atoms with E-state index in [-0.39, 0.29) is 18.6 Å². The van der Waals surface area contributed by atoms with Gasteiger partial charge in [0.05, 0.1) is 19.3 Å². The molecule has 2 N–H and O–H groups in total. The zero-order chi connectivity index (χ0) is 15.1. The molecule has 116 valence electrons. The average Bonchev–Trinajstić information content (AvgIpc) is 2.55. The summed E-state index contributed by atoms with van der Waals surface area (Å²) in [7, 11) is 0. The van der Waals surface area contributed by atoms with Crippen LogP contribution in [0.25, 0.3) is 0 Å². The van der Waals surface area contributed by atoms with Crippen molar-refractivity contribution in [3.05, 3.63) is 35.9 Å². The molecule has 1 saturated heterocycles. The third-order valence-corrected chi connectivity index (χ3v) is 3.78. The molecule has 0 aliphatic carbocycles. The Kier molecular flexibility index (Phi) is 6.17. The van der Waals surface area contributed by atoms with Crippen molar-refractivity contribution < 1.29 is 14.6 Å². The highest BCUT2D eigenvalue weighted by Gasteiger charge is 2.27. The van der Waals surface area contributed by atoms with Crippen molar-refractivity contribution in [3.63, 3.8) is 0 Å². The maximum Gasteiger partial charge on any atom is 0.250 e. The van der Waals surface area contributed by atoms with E-state index in [1.165, 1.54) is 0 Å². The number of nitrogens with one attached hydrogen (secondary N) is 1. The number of nitrogens with zero attached hydrogens (tertiary/aromatic N) is 1. The van der Waals surface area contributed by atoms with Gasteiger partial charge in [-0.1, -0.05) is 37.3 Å². The Hall–Kier alpha value is -1.43. The smallest absolute Gasteiger partial charge is 0.250 e. The summed E-state index contributed by atoms with van der Waals surface area (Å²) in [6.07, 6.45) is 0.177. The quantitative estimate of drug-likeness (QED) is 0.798. The zero-order valence-corrected chi connectivity index (χ0v) is 12.5. The lowest BCUT2D eigenvalue weighted by Crippen LogP contribution is -2.52. The molecule has 2 unspecified atom stereocenters. The van der Waals surface area contributed by atoms with Gasteiger partial charge in [-0.2, -0.15) is 0 Å². The van der Waals surface area contributed by atoms with E-state index in [4.69, 9.17) is 4.74 Å². The van der Waals surface area contributed by atoms with E-state index in [1.807, 2.05) is 30.3 Å². The fourth-order valence-electron chi connectivity index (χ4n) is 2.50. The average molecular weight is 292 g/mol. The number of hydrogen-bond acceptors (Lipinski definition) is 4. The minimum Gasteiger partial charge on any atom is -0.394 e. The maximum atomic E-state index is 12.2. The second-order valence-electron chi connectivity index (χ2n) is 5.33. The van der Waals surface area contributed by atoms with Gasteiger partial charge in [0.1, 0.15) is 6.10 Å². The molecular formula is C16H24N2O3. The Morgan fingerprint density at radius 2 is 2.24 bits per heavy atom. The number of morpholine rings is 1. The van der Waals surface area contributed by atoms with Crippen LogP contribution in [0.5, 0.6) is 0 Å². The number of likely N-dealkylation sites (N-methyl/N-ethyl adjacent to an activating group) is 1. The Labute approximate surface area is 125 Å². The zero-order valence-electron chi connectivity index (χ0n) is 12.5. The molecule has 21 heavy (non-hydrogen) atoms. The highest BCUT2D eigenvalue weighted by atomic mass is 16.5. The van der Waals surface area contributed by atoms with Crippen LogP contribution in [0.2, 0.25) is 0 Å². The van der Waals surface area contributed by atoms with Crippen molar-refractivity contribution >= 4 is 5.91 Å². The van der Waals surface area contributed by atoms with Gasteiger partial charge in [-0.15, -0.1) is 0 Å². The van der Waals surface area contributed by atoms with Crippen molar-refractivity contribution in [2.45, 2.75) is 25.5 Å². The first-order valence-electron chi connectivity index (χ1n) is 7.52. The molecule has 0 bridgehead atoms. The summed E-state index contributed by atoms with van der Waals surface area (Å²) < 4.78 is 5.53. The van der Waals surface area contributed by atoms with E-state index in [0.717, 1.165) is 18.7 Å². The normalized spacial score (nSPS) is 21.0. The fraction of sp³-hybridized carbons (Fsp3) is 0.562. The molecule has 1 aliphatic heterocycles. The predicted molar refractivity (Wildman–Crippen MR) is 81.0 cm³/mol. The number of carbonyl (C=O) groups is 1. The Morgan fingerprint density at radius 1 is 1.48 bits per heavy atom. The van der Waals surface area contributed by atoms with Crippen LogP contribution in [0.4, 0.5) is 0 Å².